The van der Waals surface area contributed by atoms with Crippen molar-refractivity contribution in [2.24, 2.45) is 0 Å². The third kappa shape index (κ3) is 3.13. The number of aromatic hydroxyl groups is 2. The highest BCUT2D eigenvalue weighted by atomic mass is 79.9. The van der Waals surface area contributed by atoms with Gasteiger partial charge in [0.25, 0.3) is 4.60 Å². The van der Waals surface area contributed by atoms with Crippen molar-refractivity contribution < 1.29 is 19.9 Å². The second-order valence-corrected chi connectivity index (χ2v) is 5.56. The summed E-state index contributed by atoms with van der Waals surface area (Å²) < 4.78 is 0.713. The van der Waals surface area contributed by atoms with Crippen LogP contribution in [0.25, 0.3) is 11.6 Å². The van der Waals surface area contributed by atoms with Crippen molar-refractivity contribution in [3.63, 3.8) is 0 Å². The fourth-order valence-electron chi connectivity index (χ4n) is 1.99. The Morgan fingerprint density at radius 1 is 1.42 bits per heavy atom. The number of hydrogen-bond donors (Lipinski definition) is 2. The second kappa shape index (κ2) is 6.55. The first-order chi connectivity index (χ1) is 11.3. The van der Waals surface area contributed by atoms with Gasteiger partial charge in [-0.1, -0.05) is 0 Å². The monoisotopic (exact) mass is 391 g/mol. The normalized spacial score (nSPS) is 11.1. The lowest BCUT2D eigenvalue weighted by atomic mass is 10.0. The highest BCUT2D eigenvalue weighted by Gasteiger charge is 2.20. The zero-order chi connectivity index (χ0) is 18.0. The summed E-state index contributed by atoms with van der Waals surface area (Å²) in [6.45, 7) is 1.60. The molecule has 0 bridgehead atoms. The number of benzene rings is 1. The molecule has 0 unspecified atom stereocenters. The number of nitro benzene ring substituents is 1. The quantitative estimate of drug-likeness (QED) is 0.157. The molecule has 1 aromatic heterocycles. The number of aryl methyl sites for hydroxylation is 1. The lowest BCUT2D eigenvalue weighted by molar-refractivity contribution is -0.624. The molecule has 1 aromatic carbocycles. The highest BCUT2D eigenvalue weighted by Crippen LogP contribution is 2.37. The summed E-state index contributed by atoms with van der Waals surface area (Å²) in [4.78, 5) is 10.0. The van der Waals surface area contributed by atoms with Crippen molar-refractivity contribution in [1.29, 1.82) is 5.26 Å². The molecule has 9 heteroatoms. The van der Waals surface area contributed by atoms with E-state index < -0.39 is 22.1 Å². The van der Waals surface area contributed by atoms with E-state index in [1.807, 2.05) is 6.07 Å². The Labute approximate surface area is 144 Å². The van der Waals surface area contributed by atoms with Crippen LogP contribution in [-0.4, -0.2) is 15.1 Å². The second-order valence-electron chi connectivity index (χ2n) is 4.81. The van der Waals surface area contributed by atoms with E-state index in [0.29, 0.717) is 10.4 Å². The van der Waals surface area contributed by atoms with Gasteiger partial charge in [0.2, 0.25) is 5.75 Å². The zero-order valence-electron chi connectivity index (χ0n) is 12.2. The molecule has 0 fully saturated rings. The summed E-state index contributed by atoms with van der Waals surface area (Å²) in [6, 6.07) is 7.07. The summed E-state index contributed by atoms with van der Waals surface area (Å²) in [5, 5.41) is 51.2. The van der Waals surface area contributed by atoms with Gasteiger partial charge in [0.15, 0.2) is 11.4 Å². The SMILES string of the molecule is Cc1ccc(/C(C#N)=C/c2cc(O)c(O)c([N+](=O)[O-])c2)c(Br)[n+]1[O-]. The predicted octanol–water partition coefficient (Wildman–Crippen LogP) is 2.77. The number of halogens is 1. The van der Waals surface area contributed by atoms with Gasteiger partial charge in [-0.25, -0.2) is 0 Å². The van der Waals surface area contributed by atoms with Gasteiger partial charge in [0, 0.05) is 35.0 Å². The van der Waals surface area contributed by atoms with Crippen LogP contribution in [0.15, 0.2) is 28.9 Å². The Balaban J connectivity index is 2.63. The van der Waals surface area contributed by atoms with E-state index >= 15 is 0 Å². The van der Waals surface area contributed by atoms with Gasteiger partial charge in [0.05, 0.1) is 16.1 Å². The largest absolute Gasteiger partial charge is 0.618 e. The molecule has 2 rings (SSSR count). The molecule has 0 amide bonds. The summed E-state index contributed by atoms with van der Waals surface area (Å²) in [7, 11) is 0. The Morgan fingerprint density at radius 3 is 2.67 bits per heavy atom. The van der Waals surface area contributed by atoms with Crippen LogP contribution in [0.1, 0.15) is 16.8 Å². The van der Waals surface area contributed by atoms with Gasteiger partial charge in [-0.05, 0) is 23.8 Å². The molecule has 2 N–H and O–H groups in total. The Hall–Kier alpha value is -3.12. The molecule has 0 radical (unpaired) electrons. The summed E-state index contributed by atoms with van der Waals surface area (Å²) in [6.07, 6.45) is 1.27. The van der Waals surface area contributed by atoms with Gasteiger partial charge >= 0.3 is 5.69 Å². The van der Waals surface area contributed by atoms with Crippen molar-refractivity contribution in [2.75, 3.05) is 0 Å². The molecule has 122 valence electrons. The van der Waals surface area contributed by atoms with Crippen molar-refractivity contribution in [3.8, 4) is 17.6 Å². The molecular weight excluding hydrogens is 382 g/mol. The average Bonchev–Trinajstić information content (AvgIpc) is 2.54. The number of phenols is 2. The molecule has 0 saturated carbocycles. The lowest BCUT2D eigenvalue weighted by Crippen LogP contribution is -2.32. The molecule has 0 saturated heterocycles. The van der Waals surface area contributed by atoms with Gasteiger partial charge in [-0.15, -0.1) is 0 Å². The van der Waals surface area contributed by atoms with Crippen LogP contribution in [0.2, 0.25) is 0 Å². The number of aromatic nitrogens is 1. The maximum absolute atomic E-state index is 11.9. The topological polar surface area (TPSA) is 134 Å². The number of pyridine rings is 1. The number of rotatable bonds is 3. The first kappa shape index (κ1) is 17.2. The number of nitro groups is 1. The van der Waals surface area contributed by atoms with Gasteiger partial charge in [-0.2, -0.15) is 9.99 Å². The van der Waals surface area contributed by atoms with Crippen molar-refractivity contribution >= 4 is 33.3 Å². The maximum Gasteiger partial charge on any atom is 0.315 e. The van der Waals surface area contributed by atoms with Gasteiger partial charge in [-0.3, -0.25) is 10.1 Å². The predicted molar refractivity (Wildman–Crippen MR) is 87.7 cm³/mol. The number of allylic oxidation sites excluding steroid dienone is 1. The molecule has 0 aliphatic carbocycles. The third-order valence-corrected chi connectivity index (χ3v) is 3.97. The van der Waals surface area contributed by atoms with Gasteiger partial charge in [0.1, 0.15) is 6.07 Å². The Morgan fingerprint density at radius 2 is 2.08 bits per heavy atom. The molecule has 0 aliphatic heterocycles. The van der Waals surface area contributed by atoms with Crippen LogP contribution in [0, 0.1) is 33.6 Å². The maximum atomic E-state index is 11.9. The van der Waals surface area contributed by atoms with E-state index in [-0.39, 0.29) is 21.3 Å². The lowest BCUT2D eigenvalue weighted by Gasteiger charge is -2.07. The number of nitrogens with zero attached hydrogens (tertiary/aromatic N) is 3. The minimum Gasteiger partial charge on any atom is -0.618 e. The summed E-state index contributed by atoms with van der Waals surface area (Å²) in [5.41, 5.74) is 0.180. The van der Waals surface area contributed by atoms with Crippen LogP contribution in [-0.2, 0) is 0 Å². The standard InChI is InChI=1S/C15H10BrN3O5/c1-8-2-3-11(15(16)18(8)22)10(7-17)4-9-5-12(19(23)24)14(21)13(20)6-9/h2-6,20-21H,1H3/b10-4+. The molecular formula is C15H10BrN3O5. The smallest absolute Gasteiger partial charge is 0.315 e. The first-order valence-electron chi connectivity index (χ1n) is 6.47. The number of hydrogen-bond acceptors (Lipinski definition) is 6. The van der Waals surface area contributed by atoms with Crippen LogP contribution in [0.4, 0.5) is 5.69 Å². The van der Waals surface area contributed by atoms with Crippen molar-refractivity contribution in [2.45, 2.75) is 6.92 Å². The van der Waals surface area contributed by atoms with Crippen LogP contribution >= 0.6 is 15.9 Å². The van der Waals surface area contributed by atoms with Crippen LogP contribution < -0.4 is 4.73 Å². The number of phenolic OH excluding ortho intramolecular Hbond substituents is 2. The van der Waals surface area contributed by atoms with E-state index in [9.17, 15) is 30.8 Å². The van der Waals surface area contributed by atoms with Crippen LogP contribution in [0.3, 0.4) is 0 Å². The Kier molecular flexibility index (Phi) is 4.71. The molecule has 0 atom stereocenters. The first-order valence-corrected chi connectivity index (χ1v) is 7.26. The molecule has 1 heterocycles. The Bertz CT molecular complexity index is 918. The molecule has 2 aromatic rings. The summed E-state index contributed by atoms with van der Waals surface area (Å²) in [5.74, 6) is -1.54. The third-order valence-electron chi connectivity index (χ3n) is 3.22. The fraction of sp³-hybridized carbons (Fsp3) is 0.0667. The van der Waals surface area contributed by atoms with E-state index in [0.717, 1.165) is 12.1 Å². The van der Waals surface area contributed by atoms with Gasteiger partial charge < -0.3 is 15.4 Å². The van der Waals surface area contributed by atoms with E-state index in [1.54, 1.807) is 13.0 Å². The molecule has 24 heavy (non-hydrogen) atoms. The number of nitriles is 1. The average molecular weight is 392 g/mol. The van der Waals surface area contributed by atoms with E-state index in [2.05, 4.69) is 15.9 Å². The van der Waals surface area contributed by atoms with E-state index in [4.69, 9.17) is 0 Å². The molecule has 0 spiro atoms. The van der Waals surface area contributed by atoms with Crippen molar-refractivity contribution in [3.05, 3.63) is 61.0 Å². The summed E-state index contributed by atoms with van der Waals surface area (Å²) >= 11 is 3.11. The van der Waals surface area contributed by atoms with E-state index in [1.165, 1.54) is 12.1 Å². The zero-order valence-corrected chi connectivity index (χ0v) is 13.8. The fourth-order valence-corrected chi connectivity index (χ4v) is 2.62. The minimum atomic E-state index is -0.857. The highest BCUT2D eigenvalue weighted by molar-refractivity contribution is 9.10. The molecule has 8 nitrogen and oxygen atoms in total. The minimum absolute atomic E-state index is 0.0471. The molecule has 0 aliphatic rings. The van der Waals surface area contributed by atoms with Crippen LogP contribution in [0.5, 0.6) is 11.5 Å². The van der Waals surface area contributed by atoms with Crippen molar-refractivity contribution in [1.82, 2.24) is 0 Å².